The summed E-state index contributed by atoms with van der Waals surface area (Å²) in [4.78, 5) is 26.3. The Morgan fingerprint density at radius 3 is 2.24 bits per heavy atom. The number of benzene rings is 1. The zero-order chi connectivity index (χ0) is 24.3. The van der Waals surface area contributed by atoms with Crippen molar-refractivity contribution >= 4 is 18.1 Å². The van der Waals surface area contributed by atoms with Crippen LogP contribution in [0.25, 0.3) is 6.08 Å². The van der Waals surface area contributed by atoms with E-state index in [1.54, 1.807) is 6.92 Å². The van der Waals surface area contributed by atoms with Gasteiger partial charge in [-0.15, -0.1) is 0 Å². The topological polar surface area (TPSA) is 76.1 Å². The largest absolute Gasteiger partial charge is 0.465 e. The number of carbonyl (C=O) groups excluding carboxylic acids is 1. The third-order valence-corrected chi connectivity index (χ3v) is 6.76. The van der Waals surface area contributed by atoms with Crippen LogP contribution < -0.4 is 0 Å². The van der Waals surface area contributed by atoms with Crippen LogP contribution in [0.5, 0.6) is 0 Å². The molecule has 1 aromatic carbocycles. The van der Waals surface area contributed by atoms with E-state index in [9.17, 15) is 14.7 Å². The van der Waals surface area contributed by atoms with E-state index in [1.807, 2.05) is 34.6 Å². The van der Waals surface area contributed by atoms with Gasteiger partial charge in [0.15, 0.2) is 6.10 Å². The van der Waals surface area contributed by atoms with Gasteiger partial charge in [0.1, 0.15) is 0 Å². The first kappa shape index (κ1) is 25.3. The molecule has 182 valence electrons. The van der Waals surface area contributed by atoms with Gasteiger partial charge in [0, 0.05) is 18.7 Å². The molecule has 1 atom stereocenters. The fourth-order valence-corrected chi connectivity index (χ4v) is 5.09. The Hall–Kier alpha value is -2.34. The van der Waals surface area contributed by atoms with Gasteiger partial charge in [-0.3, -0.25) is 4.90 Å². The second kappa shape index (κ2) is 10.3. The summed E-state index contributed by atoms with van der Waals surface area (Å²) in [5.41, 5.74) is 5.17. The highest BCUT2D eigenvalue weighted by atomic mass is 16.6. The van der Waals surface area contributed by atoms with E-state index < -0.39 is 23.8 Å². The van der Waals surface area contributed by atoms with Crippen molar-refractivity contribution in [3.8, 4) is 0 Å². The third-order valence-electron chi connectivity index (χ3n) is 6.76. The highest BCUT2D eigenvalue weighted by Crippen LogP contribution is 2.40. The molecule has 1 aliphatic carbocycles. The number of carboxylic acid groups (broad SMARTS) is 1. The fourth-order valence-electron chi connectivity index (χ4n) is 5.09. The number of carbonyl (C=O) groups is 2. The monoisotopic (exact) mass is 457 g/mol. The third kappa shape index (κ3) is 5.78. The van der Waals surface area contributed by atoms with E-state index >= 15 is 0 Å². The maximum Gasteiger partial charge on any atom is 0.407 e. The van der Waals surface area contributed by atoms with Crippen molar-refractivity contribution in [2.24, 2.45) is 5.92 Å². The van der Waals surface area contributed by atoms with Gasteiger partial charge < -0.3 is 14.6 Å². The lowest BCUT2D eigenvalue weighted by atomic mass is 9.84. The van der Waals surface area contributed by atoms with Gasteiger partial charge in [-0.1, -0.05) is 31.4 Å². The Kier molecular flexibility index (Phi) is 7.88. The normalized spacial score (nSPS) is 17.9. The van der Waals surface area contributed by atoms with E-state index in [0.717, 1.165) is 33.4 Å². The van der Waals surface area contributed by atoms with Gasteiger partial charge in [0.25, 0.3) is 0 Å². The molecule has 1 fully saturated rings. The Morgan fingerprint density at radius 2 is 1.70 bits per heavy atom. The molecule has 1 heterocycles. The maximum absolute atomic E-state index is 13.1. The number of fused-ring (bicyclic) bond motifs is 1. The molecule has 0 aromatic heterocycles. The number of nitrogens with zero attached hydrogens (tertiary/aromatic N) is 1. The number of esters is 1. The first-order chi connectivity index (χ1) is 15.5. The minimum absolute atomic E-state index is 0.270. The maximum atomic E-state index is 13.1. The quantitative estimate of drug-likeness (QED) is 0.507. The van der Waals surface area contributed by atoms with Crippen molar-refractivity contribution in [3.05, 3.63) is 39.5 Å². The Bertz CT molecular complexity index is 922. The molecule has 6 nitrogen and oxygen atoms in total. The zero-order valence-electron chi connectivity index (χ0n) is 21.0. The molecular weight excluding hydrogens is 418 g/mol. The lowest BCUT2D eigenvalue weighted by Gasteiger charge is -2.30. The Morgan fingerprint density at radius 1 is 1.09 bits per heavy atom. The van der Waals surface area contributed by atoms with Crippen molar-refractivity contribution in [1.29, 1.82) is 0 Å². The number of amides is 1. The van der Waals surface area contributed by atoms with E-state index in [4.69, 9.17) is 9.47 Å². The lowest BCUT2D eigenvalue weighted by molar-refractivity contribution is -0.166. The fraction of sp³-hybridized carbons (Fsp3) is 0.630. The molecule has 0 spiro atoms. The first-order valence-electron chi connectivity index (χ1n) is 12.2. The van der Waals surface area contributed by atoms with Crippen LogP contribution >= 0.6 is 0 Å². The predicted molar refractivity (Wildman–Crippen MR) is 129 cm³/mol. The molecule has 1 saturated carbocycles. The number of rotatable bonds is 6. The standard InChI is InChI=1S/C27H39NO5/c1-7-32-25(29)24(33-27(4,5)6)23-18(3)22-16-28(26(30)31)15-21(22)17(2)20(23)14-13-19-11-9-8-10-12-19/h13-14,19,24H,7-12,15-16H2,1-6H3,(H,30,31)/b14-13+. The van der Waals surface area contributed by atoms with Gasteiger partial charge in [-0.25, -0.2) is 9.59 Å². The summed E-state index contributed by atoms with van der Waals surface area (Å²) in [5.74, 6) is 0.120. The van der Waals surface area contributed by atoms with Crippen molar-refractivity contribution in [3.63, 3.8) is 0 Å². The molecule has 3 rings (SSSR count). The lowest BCUT2D eigenvalue weighted by Crippen LogP contribution is -2.30. The van der Waals surface area contributed by atoms with E-state index in [-0.39, 0.29) is 6.61 Å². The van der Waals surface area contributed by atoms with Crippen LogP contribution in [0.4, 0.5) is 4.79 Å². The van der Waals surface area contributed by atoms with Crippen molar-refractivity contribution in [2.45, 2.75) is 98.4 Å². The molecule has 1 unspecified atom stereocenters. The zero-order valence-corrected chi connectivity index (χ0v) is 21.0. The minimum atomic E-state index is -0.932. The summed E-state index contributed by atoms with van der Waals surface area (Å²) in [5, 5.41) is 9.61. The Labute approximate surface area is 197 Å². The molecular formula is C27H39NO5. The first-order valence-corrected chi connectivity index (χ1v) is 12.2. The van der Waals surface area contributed by atoms with Gasteiger partial charge in [-0.2, -0.15) is 0 Å². The summed E-state index contributed by atoms with van der Waals surface area (Å²) >= 11 is 0. The van der Waals surface area contributed by atoms with Crippen molar-refractivity contribution < 1.29 is 24.2 Å². The summed E-state index contributed by atoms with van der Waals surface area (Å²) < 4.78 is 11.7. The summed E-state index contributed by atoms with van der Waals surface area (Å²) in [6.07, 6.45) is 8.77. The van der Waals surface area contributed by atoms with Crippen LogP contribution in [0.15, 0.2) is 6.08 Å². The second-order valence-electron chi connectivity index (χ2n) is 10.3. The van der Waals surface area contributed by atoms with Gasteiger partial charge in [0.05, 0.1) is 12.2 Å². The number of allylic oxidation sites excluding steroid dienone is 1. The van der Waals surface area contributed by atoms with Crippen LogP contribution in [0, 0.1) is 19.8 Å². The van der Waals surface area contributed by atoms with Gasteiger partial charge in [-0.05, 0) is 88.1 Å². The molecule has 1 aromatic rings. The molecule has 1 amide bonds. The van der Waals surface area contributed by atoms with Crippen LogP contribution in [0.1, 0.15) is 99.3 Å². The highest BCUT2D eigenvalue weighted by Gasteiger charge is 2.36. The number of hydrogen-bond acceptors (Lipinski definition) is 4. The summed E-state index contributed by atoms with van der Waals surface area (Å²) in [6, 6.07) is 0. The van der Waals surface area contributed by atoms with Gasteiger partial charge in [0.2, 0.25) is 0 Å². The molecule has 6 heteroatoms. The molecule has 0 saturated heterocycles. The number of ether oxygens (including phenoxy) is 2. The van der Waals surface area contributed by atoms with Crippen LogP contribution in [0.2, 0.25) is 0 Å². The number of hydrogen-bond donors (Lipinski definition) is 1. The summed E-state index contributed by atoms with van der Waals surface area (Å²) in [7, 11) is 0. The minimum Gasteiger partial charge on any atom is -0.465 e. The molecule has 1 N–H and O–H groups in total. The smallest absolute Gasteiger partial charge is 0.407 e. The summed E-state index contributed by atoms with van der Waals surface area (Å²) in [6.45, 7) is 12.6. The predicted octanol–water partition coefficient (Wildman–Crippen LogP) is 6.31. The average molecular weight is 458 g/mol. The molecule has 1 aliphatic heterocycles. The molecule has 0 radical (unpaired) electrons. The SMILES string of the molecule is CCOC(=O)C(OC(C)(C)C)c1c(C)c2c(c(C)c1/C=C/C1CCCCC1)CN(C(=O)O)C2. The molecule has 2 aliphatic rings. The second-order valence-corrected chi connectivity index (χ2v) is 10.3. The van der Waals surface area contributed by atoms with E-state index in [2.05, 4.69) is 12.2 Å². The molecule has 0 bridgehead atoms. The Balaban J connectivity index is 2.17. The van der Waals surface area contributed by atoms with Crippen LogP contribution in [-0.2, 0) is 27.4 Å². The van der Waals surface area contributed by atoms with Crippen molar-refractivity contribution in [1.82, 2.24) is 4.90 Å². The molecule has 33 heavy (non-hydrogen) atoms. The van der Waals surface area contributed by atoms with E-state index in [0.29, 0.717) is 19.0 Å². The average Bonchev–Trinajstić information content (AvgIpc) is 3.21. The van der Waals surface area contributed by atoms with Crippen LogP contribution in [-0.4, -0.2) is 34.3 Å². The highest BCUT2D eigenvalue weighted by molar-refractivity contribution is 5.81. The van der Waals surface area contributed by atoms with Gasteiger partial charge >= 0.3 is 12.1 Å². The van der Waals surface area contributed by atoms with Crippen molar-refractivity contribution in [2.75, 3.05) is 6.61 Å². The van der Waals surface area contributed by atoms with E-state index in [1.165, 1.54) is 37.0 Å². The van der Waals surface area contributed by atoms with Crippen LogP contribution in [0.3, 0.4) is 0 Å².